The highest BCUT2D eigenvalue weighted by Crippen LogP contribution is 2.18. The second-order valence-electron chi connectivity index (χ2n) is 7.59. The number of anilines is 1. The van der Waals surface area contributed by atoms with Crippen molar-refractivity contribution in [3.05, 3.63) is 47.7 Å². The molecule has 0 bridgehead atoms. The number of fused-ring (bicyclic) bond motifs is 1. The van der Waals surface area contributed by atoms with E-state index in [0.29, 0.717) is 12.0 Å². The highest BCUT2D eigenvalue weighted by atomic mass is 15.3. The van der Waals surface area contributed by atoms with Crippen LogP contribution in [0.3, 0.4) is 0 Å². The molecule has 1 aromatic carbocycles. The zero-order valence-corrected chi connectivity index (χ0v) is 15.1. The number of aryl methyl sites for hydroxylation is 1. The molecular weight excluding hydrogens is 310 g/mol. The van der Waals surface area contributed by atoms with Gasteiger partial charge in [-0.05, 0) is 38.4 Å². The van der Waals surface area contributed by atoms with Crippen molar-refractivity contribution in [3.63, 3.8) is 0 Å². The van der Waals surface area contributed by atoms with Crippen LogP contribution in [0, 0.1) is 12.8 Å². The van der Waals surface area contributed by atoms with Gasteiger partial charge in [0, 0.05) is 44.2 Å². The Kier molecular flexibility index (Phi) is 5.04. The van der Waals surface area contributed by atoms with Gasteiger partial charge in [0.2, 0.25) is 0 Å². The van der Waals surface area contributed by atoms with E-state index in [1.807, 2.05) is 12.3 Å². The SMILES string of the molecule is Cc1cccc(CN2CCC(NC[C@@H]3CNc4ccnn4C3)CC2)c1. The molecule has 5 nitrogen and oxygen atoms in total. The Morgan fingerprint density at radius 2 is 2.12 bits per heavy atom. The number of benzene rings is 1. The zero-order chi connectivity index (χ0) is 17.1. The molecule has 4 rings (SSSR count). The van der Waals surface area contributed by atoms with E-state index in [2.05, 4.69) is 56.5 Å². The predicted octanol–water partition coefficient (Wildman–Crippen LogP) is 2.49. The molecule has 2 aromatic rings. The predicted molar refractivity (Wildman–Crippen MR) is 102 cm³/mol. The van der Waals surface area contributed by atoms with Crippen LogP contribution in [0.5, 0.6) is 0 Å². The highest BCUT2D eigenvalue weighted by molar-refractivity contribution is 5.35. The number of nitrogens with one attached hydrogen (secondary N) is 2. The molecule has 1 aromatic heterocycles. The summed E-state index contributed by atoms with van der Waals surface area (Å²) in [5, 5.41) is 11.6. The monoisotopic (exact) mass is 339 g/mol. The van der Waals surface area contributed by atoms with Gasteiger partial charge in [-0.25, -0.2) is 4.68 Å². The largest absolute Gasteiger partial charge is 0.370 e. The number of rotatable bonds is 5. The van der Waals surface area contributed by atoms with Crippen LogP contribution in [0.4, 0.5) is 5.82 Å². The molecule has 3 heterocycles. The molecule has 5 heteroatoms. The van der Waals surface area contributed by atoms with E-state index in [1.54, 1.807) is 0 Å². The fourth-order valence-electron chi connectivity index (χ4n) is 4.02. The molecular formula is C20H29N5. The molecule has 2 N–H and O–H groups in total. The number of hydrogen-bond acceptors (Lipinski definition) is 4. The van der Waals surface area contributed by atoms with E-state index in [1.165, 1.54) is 37.1 Å². The van der Waals surface area contributed by atoms with E-state index in [0.717, 1.165) is 32.0 Å². The summed E-state index contributed by atoms with van der Waals surface area (Å²) in [6, 6.07) is 11.6. The van der Waals surface area contributed by atoms with Crippen LogP contribution in [-0.4, -0.2) is 46.9 Å². The smallest absolute Gasteiger partial charge is 0.124 e. The molecule has 0 radical (unpaired) electrons. The first kappa shape index (κ1) is 16.6. The lowest BCUT2D eigenvalue weighted by Gasteiger charge is -2.34. The van der Waals surface area contributed by atoms with Crippen molar-refractivity contribution in [1.82, 2.24) is 20.0 Å². The van der Waals surface area contributed by atoms with Gasteiger partial charge in [-0.15, -0.1) is 0 Å². The van der Waals surface area contributed by atoms with Gasteiger partial charge in [-0.1, -0.05) is 29.8 Å². The molecule has 1 saturated heterocycles. The van der Waals surface area contributed by atoms with E-state index in [4.69, 9.17) is 0 Å². The summed E-state index contributed by atoms with van der Waals surface area (Å²) in [4.78, 5) is 2.59. The second kappa shape index (κ2) is 7.58. The Bertz CT molecular complexity index is 687. The van der Waals surface area contributed by atoms with Crippen LogP contribution in [0.1, 0.15) is 24.0 Å². The van der Waals surface area contributed by atoms with Crippen LogP contribution in [0.15, 0.2) is 36.5 Å². The number of piperidine rings is 1. The molecule has 0 amide bonds. The lowest BCUT2D eigenvalue weighted by atomic mass is 10.0. The Labute approximate surface area is 150 Å². The van der Waals surface area contributed by atoms with Crippen molar-refractivity contribution in [2.24, 2.45) is 5.92 Å². The van der Waals surface area contributed by atoms with Crippen molar-refractivity contribution >= 4 is 5.82 Å². The molecule has 0 unspecified atom stereocenters. The first-order valence-corrected chi connectivity index (χ1v) is 9.53. The second-order valence-corrected chi connectivity index (χ2v) is 7.59. The summed E-state index contributed by atoms with van der Waals surface area (Å²) >= 11 is 0. The van der Waals surface area contributed by atoms with Gasteiger partial charge in [0.1, 0.15) is 5.82 Å². The lowest BCUT2D eigenvalue weighted by Crippen LogP contribution is -2.45. The third-order valence-corrected chi connectivity index (χ3v) is 5.49. The summed E-state index contributed by atoms with van der Waals surface area (Å²) < 4.78 is 2.08. The summed E-state index contributed by atoms with van der Waals surface area (Å²) in [6.07, 6.45) is 4.38. The Balaban J connectivity index is 1.19. The standard InChI is InChI=1S/C20H29N5/c1-16-3-2-4-17(11-16)14-24-9-6-19(7-10-24)21-12-18-13-22-20-5-8-23-25(20)15-18/h2-5,8,11,18-19,21-22H,6-7,9-10,12-15H2,1H3/t18-/m1/s1. The van der Waals surface area contributed by atoms with E-state index in [-0.39, 0.29) is 0 Å². The third kappa shape index (κ3) is 4.22. The van der Waals surface area contributed by atoms with Crippen LogP contribution in [0.25, 0.3) is 0 Å². The molecule has 1 fully saturated rings. The maximum absolute atomic E-state index is 4.38. The minimum Gasteiger partial charge on any atom is -0.370 e. The van der Waals surface area contributed by atoms with Crippen LogP contribution >= 0.6 is 0 Å². The van der Waals surface area contributed by atoms with Gasteiger partial charge >= 0.3 is 0 Å². The van der Waals surface area contributed by atoms with E-state index < -0.39 is 0 Å². The van der Waals surface area contributed by atoms with Crippen molar-refractivity contribution in [1.29, 1.82) is 0 Å². The van der Waals surface area contributed by atoms with Crippen molar-refractivity contribution in [2.75, 3.05) is 31.5 Å². The highest BCUT2D eigenvalue weighted by Gasteiger charge is 2.22. The lowest BCUT2D eigenvalue weighted by molar-refractivity contribution is 0.186. The van der Waals surface area contributed by atoms with Gasteiger partial charge in [-0.2, -0.15) is 5.10 Å². The fraction of sp³-hybridized carbons (Fsp3) is 0.550. The normalized spacial score (nSPS) is 21.7. The summed E-state index contributed by atoms with van der Waals surface area (Å²) in [5.41, 5.74) is 2.80. The Hall–Kier alpha value is -1.85. The first-order valence-electron chi connectivity index (χ1n) is 9.53. The quantitative estimate of drug-likeness (QED) is 0.878. The topological polar surface area (TPSA) is 45.1 Å². The molecule has 134 valence electrons. The summed E-state index contributed by atoms with van der Waals surface area (Å²) in [7, 11) is 0. The maximum Gasteiger partial charge on any atom is 0.124 e. The van der Waals surface area contributed by atoms with Gasteiger partial charge in [-0.3, -0.25) is 4.90 Å². The Morgan fingerprint density at radius 3 is 2.96 bits per heavy atom. The van der Waals surface area contributed by atoms with Gasteiger partial charge in [0.05, 0.1) is 6.20 Å². The molecule has 0 aliphatic carbocycles. The van der Waals surface area contributed by atoms with Gasteiger partial charge in [0.15, 0.2) is 0 Å². The minimum absolute atomic E-state index is 0.623. The number of aromatic nitrogens is 2. The maximum atomic E-state index is 4.38. The van der Waals surface area contributed by atoms with Crippen LogP contribution in [-0.2, 0) is 13.1 Å². The Morgan fingerprint density at radius 1 is 1.24 bits per heavy atom. The van der Waals surface area contributed by atoms with Crippen LogP contribution < -0.4 is 10.6 Å². The van der Waals surface area contributed by atoms with E-state index in [9.17, 15) is 0 Å². The zero-order valence-electron chi connectivity index (χ0n) is 15.1. The molecule has 1 atom stereocenters. The molecule has 0 saturated carbocycles. The average molecular weight is 339 g/mol. The number of hydrogen-bond donors (Lipinski definition) is 2. The third-order valence-electron chi connectivity index (χ3n) is 5.49. The minimum atomic E-state index is 0.623. The average Bonchev–Trinajstić information content (AvgIpc) is 3.09. The molecule has 2 aliphatic rings. The molecule has 25 heavy (non-hydrogen) atoms. The summed E-state index contributed by atoms with van der Waals surface area (Å²) in [5.74, 6) is 1.78. The summed E-state index contributed by atoms with van der Waals surface area (Å²) in [6.45, 7) is 8.79. The van der Waals surface area contributed by atoms with E-state index >= 15 is 0 Å². The first-order chi connectivity index (χ1) is 12.3. The van der Waals surface area contributed by atoms with Gasteiger partial charge in [0.25, 0.3) is 0 Å². The van der Waals surface area contributed by atoms with Crippen LogP contribution in [0.2, 0.25) is 0 Å². The number of likely N-dealkylation sites (tertiary alicyclic amines) is 1. The molecule has 2 aliphatic heterocycles. The van der Waals surface area contributed by atoms with Crippen molar-refractivity contribution in [3.8, 4) is 0 Å². The van der Waals surface area contributed by atoms with Crippen molar-refractivity contribution in [2.45, 2.75) is 38.9 Å². The fourth-order valence-corrected chi connectivity index (χ4v) is 4.02. The number of nitrogens with zero attached hydrogens (tertiary/aromatic N) is 3. The van der Waals surface area contributed by atoms with Gasteiger partial charge < -0.3 is 10.6 Å². The molecule has 0 spiro atoms. The van der Waals surface area contributed by atoms with Crippen molar-refractivity contribution < 1.29 is 0 Å².